The van der Waals surface area contributed by atoms with Gasteiger partial charge in [0.15, 0.2) is 0 Å². The number of rotatable bonds is 2. The van der Waals surface area contributed by atoms with Crippen LogP contribution in [0.5, 0.6) is 0 Å². The minimum absolute atomic E-state index is 0.120. The van der Waals surface area contributed by atoms with E-state index in [4.69, 9.17) is 0 Å². The molecule has 0 aromatic heterocycles. The molecule has 0 heterocycles. The van der Waals surface area contributed by atoms with E-state index in [9.17, 15) is 24.6 Å². The second-order valence-corrected chi connectivity index (χ2v) is 15.0. The van der Waals surface area contributed by atoms with Crippen LogP contribution in [0.3, 0.4) is 0 Å². The summed E-state index contributed by atoms with van der Waals surface area (Å²) in [5.41, 5.74) is -2.19. The first-order valence-corrected chi connectivity index (χ1v) is 14.1. The lowest BCUT2D eigenvalue weighted by molar-refractivity contribution is -0.236. The summed E-state index contributed by atoms with van der Waals surface area (Å²) in [5.74, 6) is 0.553. The molecule has 4 unspecified atom stereocenters. The summed E-state index contributed by atoms with van der Waals surface area (Å²) in [6, 6.07) is 0. The first kappa shape index (κ1) is 25.3. The fraction of sp³-hybridized carbons (Fsp3) is 0.900. The molecule has 5 aliphatic rings. The van der Waals surface area contributed by atoms with Gasteiger partial charge in [-0.2, -0.15) is 0 Å². The van der Waals surface area contributed by atoms with Crippen molar-refractivity contribution in [1.29, 1.82) is 0 Å². The Kier molecular flexibility index (Phi) is 5.30. The second kappa shape index (κ2) is 7.34. The standard InChI is InChI=1S/C30H46O5/c1-25(2)20-10-12-27(4)18-9-14-30(24(34)35)16-15-26(3,23(32)33)17-29(30,6)19(18)7-8-21(27)28(20,5)13-11-22(25)31/h18-21H,7-17H2,1-6H3,(H,32,33)(H,34,35)/t18?,19?,20?,21?,26-,27+,28+,29+,30+/m1/s1. The highest BCUT2D eigenvalue weighted by Gasteiger charge is 2.71. The maximum Gasteiger partial charge on any atom is 0.310 e. The van der Waals surface area contributed by atoms with Crippen molar-refractivity contribution in [2.24, 2.45) is 56.2 Å². The van der Waals surface area contributed by atoms with Gasteiger partial charge >= 0.3 is 11.9 Å². The predicted octanol–water partition coefficient (Wildman–Crippen LogP) is 6.59. The van der Waals surface area contributed by atoms with Gasteiger partial charge in [-0.15, -0.1) is 0 Å². The Bertz CT molecular complexity index is 970. The van der Waals surface area contributed by atoms with Gasteiger partial charge < -0.3 is 10.2 Å². The SMILES string of the molecule is CC1(C)C(=O)CC[C@@]2(C)C1CC[C@@]1(C)C3CC[C@@]4(C(=O)O)CC[C@@](C)(C(=O)O)C[C@@]4(C)C3CCC12. The Balaban J connectivity index is 1.55. The van der Waals surface area contributed by atoms with Crippen molar-refractivity contribution in [1.82, 2.24) is 0 Å². The monoisotopic (exact) mass is 486 g/mol. The van der Waals surface area contributed by atoms with Crippen molar-refractivity contribution in [3.8, 4) is 0 Å². The molecule has 0 bridgehead atoms. The Labute approximate surface area is 210 Å². The van der Waals surface area contributed by atoms with Gasteiger partial charge in [-0.1, -0.05) is 34.6 Å². The van der Waals surface area contributed by atoms with Crippen LogP contribution in [0.25, 0.3) is 0 Å². The number of ketones is 1. The summed E-state index contributed by atoms with van der Waals surface area (Å²) in [5, 5.41) is 20.7. The van der Waals surface area contributed by atoms with Crippen molar-refractivity contribution in [2.75, 3.05) is 0 Å². The smallest absolute Gasteiger partial charge is 0.310 e. The number of hydrogen-bond acceptors (Lipinski definition) is 3. The average Bonchev–Trinajstić information content (AvgIpc) is 2.75. The van der Waals surface area contributed by atoms with Crippen LogP contribution >= 0.6 is 0 Å². The van der Waals surface area contributed by atoms with Crippen molar-refractivity contribution in [3.05, 3.63) is 0 Å². The quantitative estimate of drug-likeness (QED) is 0.459. The number of carboxylic acids is 2. The zero-order valence-electron chi connectivity index (χ0n) is 22.7. The van der Waals surface area contributed by atoms with E-state index in [1.165, 1.54) is 0 Å². The van der Waals surface area contributed by atoms with Gasteiger partial charge in [0.25, 0.3) is 0 Å². The Morgan fingerprint density at radius 2 is 1.40 bits per heavy atom. The molecule has 0 amide bonds. The molecule has 2 N–H and O–H groups in total. The van der Waals surface area contributed by atoms with E-state index in [2.05, 4.69) is 34.6 Å². The molecule has 0 aromatic rings. The molecule has 0 spiro atoms. The molecule has 0 saturated heterocycles. The van der Waals surface area contributed by atoms with E-state index in [-0.39, 0.29) is 22.2 Å². The molecule has 0 radical (unpaired) electrons. The molecule has 5 rings (SSSR count). The minimum atomic E-state index is -0.856. The van der Waals surface area contributed by atoms with Crippen LogP contribution in [0.4, 0.5) is 0 Å². The number of carbonyl (C=O) groups excluding carboxylic acids is 1. The van der Waals surface area contributed by atoms with Crippen LogP contribution in [0, 0.1) is 56.2 Å². The van der Waals surface area contributed by atoms with Crippen molar-refractivity contribution in [2.45, 2.75) is 112 Å². The van der Waals surface area contributed by atoms with E-state index in [1.54, 1.807) is 0 Å². The topological polar surface area (TPSA) is 91.7 Å². The fourth-order valence-corrected chi connectivity index (χ4v) is 11.6. The van der Waals surface area contributed by atoms with Gasteiger partial charge in [-0.25, -0.2) is 0 Å². The predicted molar refractivity (Wildman–Crippen MR) is 134 cm³/mol. The van der Waals surface area contributed by atoms with Crippen LogP contribution in [-0.4, -0.2) is 27.9 Å². The molecular weight excluding hydrogens is 440 g/mol. The highest BCUT2D eigenvalue weighted by atomic mass is 16.4. The number of Topliss-reactive ketones (excluding diaryl/α,β-unsaturated/α-hetero) is 1. The third-order valence-electron chi connectivity index (χ3n) is 13.5. The summed E-state index contributed by atoms with van der Waals surface area (Å²) >= 11 is 0. The number of carbonyl (C=O) groups is 3. The van der Waals surface area contributed by atoms with Gasteiger partial charge in [0.2, 0.25) is 0 Å². The molecule has 5 heteroatoms. The van der Waals surface area contributed by atoms with Crippen molar-refractivity contribution >= 4 is 17.7 Å². The first-order valence-electron chi connectivity index (χ1n) is 14.1. The fourth-order valence-electron chi connectivity index (χ4n) is 11.6. The van der Waals surface area contributed by atoms with Crippen LogP contribution in [0.15, 0.2) is 0 Å². The van der Waals surface area contributed by atoms with Gasteiger partial charge in [-0.3, -0.25) is 14.4 Å². The largest absolute Gasteiger partial charge is 0.481 e. The van der Waals surface area contributed by atoms with Gasteiger partial charge in [0.05, 0.1) is 10.8 Å². The summed E-state index contributed by atoms with van der Waals surface area (Å²) in [7, 11) is 0. The normalized spacial score (nSPS) is 52.9. The molecule has 196 valence electrons. The van der Waals surface area contributed by atoms with Gasteiger partial charge in [0, 0.05) is 11.8 Å². The minimum Gasteiger partial charge on any atom is -0.481 e. The van der Waals surface area contributed by atoms with E-state index >= 15 is 0 Å². The summed E-state index contributed by atoms with van der Waals surface area (Å²) in [6.45, 7) is 13.3. The number of fused-ring (bicyclic) bond motifs is 7. The van der Waals surface area contributed by atoms with E-state index in [0.29, 0.717) is 55.6 Å². The lowest BCUT2D eigenvalue weighted by atomic mass is 9.32. The number of carboxylic acid groups (broad SMARTS) is 2. The Morgan fingerprint density at radius 1 is 0.714 bits per heavy atom. The zero-order chi connectivity index (χ0) is 25.8. The third kappa shape index (κ3) is 2.96. The van der Waals surface area contributed by atoms with Crippen molar-refractivity contribution < 1.29 is 24.6 Å². The lowest BCUT2D eigenvalue weighted by Crippen LogP contribution is -2.67. The highest BCUT2D eigenvalue weighted by molar-refractivity contribution is 5.85. The third-order valence-corrected chi connectivity index (χ3v) is 13.5. The molecule has 5 saturated carbocycles. The van der Waals surface area contributed by atoms with Crippen LogP contribution in [-0.2, 0) is 14.4 Å². The van der Waals surface area contributed by atoms with E-state index in [1.807, 2.05) is 6.92 Å². The lowest BCUT2D eigenvalue weighted by Gasteiger charge is -2.71. The molecule has 5 aliphatic carbocycles. The number of aliphatic carboxylic acids is 2. The molecule has 0 aromatic carbocycles. The maximum atomic E-state index is 12.9. The van der Waals surface area contributed by atoms with Crippen LogP contribution in [0.1, 0.15) is 112 Å². The molecule has 5 nitrogen and oxygen atoms in total. The molecule has 35 heavy (non-hydrogen) atoms. The summed E-state index contributed by atoms with van der Waals surface area (Å²) < 4.78 is 0. The molecule has 5 fully saturated rings. The number of hydrogen-bond donors (Lipinski definition) is 2. The first-order chi connectivity index (χ1) is 16.1. The Hall–Kier alpha value is -1.39. The molecule has 0 aliphatic heterocycles. The molecule has 9 atom stereocenters. The van der Waals surface area contributed by atoms with Crippen LogP contribution in [0.2, 0.25) is 0 Å². The zero-order valence-corrected chi connectivity index (χ0v) is 22.7. The summed E-state index contributed by atoms with van der Waals surface area (Å²) in [6.07, 6.45) is 8.88. The average molecular weight is 487 g/mol. The molecular formula is C30H46O5. The maximum absolute atomic E-state index is 12.9. The Morgan fingerprint density at radius 3 is 2.03 bits per heavy atom. The second-order valence-electron chi connectivity index (χ2n) is 15.0. The van der Waals surface area contributed by atoms with Crippen molar-refractivity contribution in [3.63, 3.8) is 0 Å². The van der Waals surface area contributed by atoms with Gasteiger partial charge in [-0.05, 0) is 111 Å². The van der Waals surface area contributed by atoms with Crippen LogP contribution < -0.4 is 0 Å². The highest BCUT2D eigenvalue weighted by Crippen LogP contribution is 2.75. The van der Waals surface area contributed by atoms with Gasteiger partial charge in [0.1, 0.15) is 5.78 Å². The van der Waals surface area contributed by atoms with E-state index in [0.717, 1.165) is 38.5 Å². The van der Waals surface area contributed by atoms with E-state index < -0.39 is 28.2 Å². The summed E-state index contributed by atoms with van der Waals surface area (Å²) in [4.78, 5) is 38.1.